The molecule has 1 unspecified atom stereocenters. The lowest BCUT2D eigenvalue weighted by atomic mass is 10.00. The Labute approximate surface area is 110 Å². The van der Waals surface area contributed by atoms with Gasteiger partial charge in [-0.25, -0.2) is 4.99 Å². The van der Waals surface area contributed by atoms with Crippen molar-refractivity contribution in [3.63, 3.8) is 0 Å². The van der Waals surface area contributed by atoms with Gasteiger partial charge in [0.1, 0.15) is 6.10 Å². The van der Waals surface area contributed by atoms with Gasteiger partial charge in [-0.15, -0.1) is 0 Å². The molecule has 5 heteroatoms. The van der Waals surface area contributed by atoms with Crippen LogP contribution in [0, 0.1) is 0 Å². The number of hydrogen-bond donors (Lipinski definition) is 1. The van der Waals surface area contributed by atoms with Crippen LogP contribution in [0.3, 0.4) is 0 Å². The van der Waals surface area contributed by atoms with E-state index < -0.39 is 5.54 Å². The fourth-order valence-corrected chi connectivity index (χ4v) is 2.24. The molecule has 0 bridgehead atoms. The van der Waals surface area contributed by atoms with Crippen LogP contribution in [0.25, 0.3) is 0 Å². The lowest BCUT2D eigenvalue weighted by Gasteiger charge is -2.20. The zero-order chi connectivity index (χ0) is 12.6. The van der Waals surface area contributed by atoms with Gasteiger partial charge >= 0.3 is 0 Å². The molecule has 1 heterocycles. The summed E-state index contributed by atoms with van der Waals surface area (Å²) in [5.74, 6) is 0.471. The Balaban J connectivity index is 2.36. The molecular formula is C12H13Cl2NO2. The first-order valence-corrected chi connectivity index (χ1v) is 6.02. The van der Waals surface area contributed by atoms with Crippen molar-refractivity contribution in [2.24, 2.45) is 4.99 Å². The average Bonchev–Trinajstić information content (AvgIpc) is 2.52. The van der Waals surface area contributed by atoms with Gasteiger partial charge in [0.2, 0.25) is 5.90 Å². The van der Waals surface area contributed by atoms with Crippen LogP contribution in [0.5, 0.6) is 0 Å². The molecule has 1 aromatic rings. The summed E-state index contributed by atoms with van der Waals surface area (Å²) < 4.78 is 5.60. The number of aliphatic hydroxyl groups is 1. The predicted octanol–water partition coefficient (Wildman–Crippen LogP) is 2.91. The molecule has 1 atom stereocenters. The first-order valence-electron chi connectivity index (χ1n) is 5.26. The molecule has 1 N–H and O–H groups in total. The monoisotopic (exact) mass is 273 g/mol. The zero-order valence-electron chi connectivity index (χ0n) is 9.58. The third-order valence-corrected chi connectivity index (χ3v) is 3.14. The minimum atomic E-state index is -0.446. The zero-order valence-corrected chi connectivity index (χ0v) is 11.1. The second kappa shape index (κ2) is 4.48. The van der Waals surface area contributed by atoms with Gasteiger partial charge < -0.3 is 9.84 Å². The van der Waals surface area contributed by atoms with Crippen molar-refractivity contribution >= 4 is 29.1 Å². The summed E-state index contributed by atoms with van der Waals surface area (Å²) in [5, 5.41) is 10.3. The second-order valence-corrected chi connectivity index (χ2v) is 5.39. The number of benzene rings is 1. The van der Waals surface area contributed by atoms with Crippen molar-refractivity contribution in [3.05, 3.63) is 33.8 Å². The smallest absolute Gasteiger partial charge is 0.217 e. The van der Waals surface area contributed by atoms with Crippen molar-refractivity contribution in [1.82, 2.24) is 0 Å². The fourth-order valence-electron chi connectivity index (χ4n) is 1.71. The SMILES string of the molecule is CC1(C)N=C(c2cc(Cl)cc(Cl)c2)OC1CO. The van der Waals surface area contributed by atoms with E-state index in [-0.39, 0.29) is 12.7 Å². The summed E-state index contributed by atoms with van der Waals surface area (Å²) in [7, 11) is 0. The molecule has 1 aliphatic rings. The largest absolute Gasteiger partial charge is 0.469 e. The maximum atomic E-state index is 9.23. The highest BCUT2D eigenvalue weighted by molar-refractivity contribution is 6.35. The Morgan fingerprint density at radius 1 is 1.29 bits per heavy atom. The van der Waals surface area contributed by atoms with Gasteiger partial charge in [0.05, 0.1) is 12.1 Å². The summed E-state index contributed by atoms with van der Waals surface area (Å²) in [4.78, 5) is 4.44. The number of hydrogen-bond acceptors (Lipinski definition) is 3. The molecule has 0 saturated carbocycles. The average molecular weight is 274 g/mol. The van der Waals surface area contributed by atoms with Crippen LogP contribution in [0.2, 0.25) is 10.0 Å². The Kier molecular flexibility index (Phi) is 3.34. The molecule has 0 radical (unpaired) electrons. The summed E-state index contributed by atoms with van der Waals surface area (Å²) in [6.45, 7) is 3.74. The number of ether oxygens (including phenoxy) is 1. The van der Waals surface area contributed by atoms with Crippen LogP contribution in [0.15, 0.2) is 23.2 Å². The maximum absolute atomic E-state index is 9.23. The van der Waals surface area contributed by atoms with E-state index in [1.165, 1.54) is 0 Å². The standard InChI is InChI=1S/C12H13Cl2NO2/c1-12(2)10(6-16)17-11(15-12)7-3-8(13)5-9(14)4-7/h3-5,10,16H,6H2,1-2H3. The highest BCUT2D eigenvalue weighted by Crippen LogP contribution is 2.29. The lowest BCUT2D eigenvalue weighted by molar-refractivity contribution is 0.0819. The molecule has 3 nitrogen and oxygen atoms in total. The molecule has 2 rings (SSSR count). The second-order valence-electron chi connectivity index (χ2n) is 4.52. The molecule has 0 aromatic heterocycles. The lowest BCUT2D eigenvalue weighted by Crippen LogP contribution is -2.34. The highest BCUT2D eigenvalue weighted by atomic mass is 35.5. The van der Waals surface area contributed by atoms with Crippen LogP contribution in [-0.2, 0) is 4.74 Å². The van der Waals surface area contributed by atoms with Crippen molar-refractivity contribution in [2.75, 3.05) is 6.61 Å². The van der Waals surface area contributed by atoms with E-state index in [1.54, 1.807) is 18.2 Å². The first-order chi connectivity index (χ1) is 7.92. The topological polar surface area (TPSA) is 41.8 Å². The quantitative estimate of drug-likeness (QED) is 0.900. The molecule has 0 saturated heterocycles. The van der Waals surface area contributed by atoms with E-state index in [2.05, 4.69) is 4.99 Å². The van der Waals surface area contributed by atoms with Gasteiger partial charge in [-0.05, 0) is 32.0 Å². The molecule has 1 aromatic carbocycles. The van der Waals surface area contributed by atoms with Crippen LogP contribution in [0.1, 0.15) is 19.4 Å². The van der Waals surface area contributed by atoms with Crippen molar-refractivity contribution < 1.29 is 9.84 Å². The molecule has 17 heavy (non-hydrogen) atoms. The van der Waals surface area contributed by atoms with Crippen LogP contribution < -0.4 is 0 Å². The number of halogens is 2. The van der Waals surface area contributed by atoms with Gasteiger partial charge in [-0.1, -0.05) is 23.2 Å². The third-order valence-electron chi connectivity index (χ3n) is 2.71. The molecule has 0 amide bonds. The Bertz CT molecular complexity index is 451. The molecule has 0 spiro atoms. The van der Waals surface area contributed by atoms with E-state index >= 15 is 0 Å². The highest BCUT2D eigenvalue weighted by Gasteiger charge is 2.38. The molecule has 92 valence electrons. The van der Waals surface area contributed by atoms with Gasteiger partial charge in [0.15, 0.2) is 0 Å². The predicted molar refractivity (Wildman–Crippen MR) is 69.0 cm³/mol. The molecule has 0 fully saturated rings. The Hall–Kier alpha value is -0.770. The third kappa shape index (κ3) is 2.57. The maximum Gasteiger partial charge on any atom is 0.217 e. The van der Waals surface area contributed by atoms with Crippen LogP contribution >= 0.6 is 23.2 Å². The summed E-state index contributed by atoms with van der Waals surface area (Å²) in [6.07, 6.45) is -0.338. The minimum absolute atomic E-state index is 0.0751. The van der Waals surface area contributed by atoms with Gasteiger partial charge in [0.25, 0.3) is 0 Å². The van der Waals surface area contributed by atoms with Gasteiger partial charge in [0, 0.05) is 15.6 Å². The Morgan fingerprint density at radius 3 is 2.35 bits per heavy atom. The first kappa shape index (κ1) is 12.7. The van der Waals surface area contributed by atoms with Crippen LogP contribution in [-0.4, -0.2) is 29.3 Å². The Morgan fingerprint density at radius 2 is 1.88 bits per heavy atom. The molecule has 0 aliphatic carbocycles. The van der Waals surface area contributed by atoms with Gasteiger partial charge in [-0.3, -0.25) is 0 Å². The van der Waals surface area contributed by atoms with E-state index in [9.17, 15) is 5.11 Å². The summed E-state index contributed by atoms with van der Waals surface area (Å²) in [5.41, 5.74) is 0.283. The van der Waals surface area contributed by atoms with Crippen molar-refractivity contribution in [3.8, 4) is 0 Å². The van der Waals surface area contributed by atoms with Gasteiger partial charge in [-0.2, -0.15) is 0 Å². The van der Waals surface area contributed by atoms with E-state index in [0.717, 1.165) is 5.56 Å². The number of aliphatic imine (C=N–C) groups is 1. The van der Waals surface area contributed by atoms with Crippen LogP contribution in [0.4, 0.5) is 0 Å². The summed E-state index contributed by atoms with van der Waals surface area (Å²) >= 11 is 11.9. The number of rotatable bonds is 2. The van der Waals surface area contributed by atoms with Crippen molar-refractivity contribution in [1.29, 1.82) is 0 Å². The van der Waals surface area contributed by atoms with E-state index in [1.807, 2.05) is 13.8 Å². The van der Waals surface area contributed by atoms with E-state index in [0.29, 0.717) is 15.9 Å². The fraction of sp³-hybridized carbons (Fsp3) is 0.417. The molecular weight excluding hydrogens is 261 g/mol. The van der Waals surface area contributed by atoms with Crippen molar-refractivity contribution in [2.45, 2.75) is 25.5 Å². The number of aliphatic hydroxyl groups excluding tert-OH is 1. The summed E-state index contributed by atoms with van der Waals surface area (Å²) in [6, 6.07) is 5.13. The molecule has 1 aliphatic heterocycles. The number of nitrogens with zero attached hydrogens (tertiary/aromatic N) is 1. The van der Waals surface area contributed by atoms with E-state index in [4.69, 9.17) is 27.9 Å². The normalized spacial score (nSPS) is 22.2. The minimum Gasteiger partial charge on any atom is -0.469 e.